The molecule has 0 aliphatic carbocycles. The summed E-state index contributed by atoms with van der Waals surface area (Å²) in [4.78, 5) is 0. The first kappa shape index (κ1) is 13.0. The Morgan fingerprint density at radius 3 is 2.15 bits per heavy atom. The van der Waals surface area contributed by atoms with Crippen LogP contribution in [0.1, 0.15) is 0 Å². The molecule has 0 unspecified atom stereocenters. The third-order valence-corrected chi connectivity index (χ3v) is 3.58. The van der Waals surface area contributed by atoms with Gasteiger partial charge in [-0.25, -0.2) is 0 Å². The molecule has 4 heteroatoms. The van der Waals surface area contributed by atoms with E-state index in [1.54, 1.807) is 6.07 Å². The van der Waals surface area contributed by atoms with E-state index in [0.717, 1.165) is 11.1 Å². The first-order valence-corrected chi connectivity index (χ1v) is 6.94. The van der Waals surface area contributed by atoms with Gasteiger partial charge in [-0.05, 0) is 22.8 Å². The predicted octanol–water partition coefficient (Wildman–Crippen LogP) is 5.13. The lowest BCUT2D eigenvalue weighted by molar-refractivity contribution is 1.02. The maximum absolute atomic E-state index is 5.91. The monoisotopic (exact) mass is 298 g/mol. The van der Waals surface area contributed by atoms with E-state index in [1.165, 1.54) is 11.1 Å². The lowest BCUT2D eigenvalue weighted by Gasteiger charge is -2.05. The second-order valence-electron chi connectivity index (χ2n) is 4.38. The van der Waals surface area contributed by atoms with Crippen LogP contribution in [0.15, 0.2) is 60.7 Å². The summed E-state index contributed by atoms with van der Waals surface area (Å²) in [6, 6.07) is 20.3. The zero-order valence-electron chi connectivity index (χ0n) is 10.5. The Labute approximate surface area is 127 Å². The molecule has 1 aromatic heterocycles. The van der Waals surface area contributed by atoms with Crippen molar-refractivity contribution in [2.45, 2.75) is 0 Å². The van der Waals surface area contributed by atoms with Gasteiger partial charge >= 0.3 is 0 Å². The summed E-state index contributed by atoms with van der Waals surface area (Å²) in [7, 11) is 0. The molecular weight excluding hydrogens is 288 g/mol. The molecule has 3 rings (SSSR count). The lowest BCUT2D eigenvalue weighted by Crippen LogP contribution is -1.87. The molecule has 0 aliphatic heterocycles. The van der Waals surface area contributed by atoms with Crippen LogP contribution in [0.25, 0.3) is 22.3 Å². The summed E-state index contributed by atoms with van der Waals surface area (Å²) in [6.45, 7) is 0. The Morgan fingerprint density at radius 2 is 1.45 bits per heavy atom. The highest BCUT2D eigenvalue weighted by Crippen LogP contribution is 2.25. The number of aromatic amines is 1. The quantitative estimate of drug-likeness (QED) is 0.665. The molecule has 1 N–H and O–H groups in total. The van der Waals surface area contributed by atoms with Gasteiger partial charge in [0.2, 0.25) is 0 Å². The van der Waals surface area contributed by atoms with E-state index in [1.807, 2.05) is 30.3 Å². The molecule has 0 amide bonds. The van der Waals surface area contributed by atoms with Crippen molar-refractivity contribution in [1.29, 1.82) is 0 Å². The minimum atomic E-state index is 0.403. The summed E-state index contributed by atoms with van der Waals surface area (Å²) in [5, 5.41) is 7.02. The van der Waals surface area contributed by atoms with Gasteiger partial charge in [-0.3, -0.25) is 5.10 Å². The van der Waals surface area contributed by atoms with E-state index < -0.39 is 0 Å². The second-order valence-corrected chi connectivity index (χ2v) is 5.17. The molecule has 2 aromatic carbocycles. The van der Waals surface area contributed by atoms with Crippen LogP contribution in [-0.4, -0.2) is 10.2 Å². The van der Waals surface area contributed by atoms with Gasteiger partial charge in [0.1, 0.15) is 9.79 Å². The van der Waals surface area contributed by atoms with Gasteiger partial charge in [0.15, 0.2) is 0 Å². The normalized spacial score (nSPS) is 10.4. The fraction of sp³-hybridized carbons (Fsp3) is 0. The molecule has 0 spiro atoms. The number of nitrogens with one attached hydrogen (secondary N) is 1. The average Bonchev–Trinajstić information content (AvgIpc) is 2.51. The number of benzene rings is 2. The smallest absolute Gasteiger partial charge is 0.150 e. The number of rotatable bonds is 2. The number of H-pyrrole nitrogens is 1. The van der Waals surface area contributed by atoms with Crippen molar-refractivity contribution in [2.75, 3.05) is 0 Å². The first-order valence-electron chi connectivity index (χ1n) is 6.15. The molecular formula is C16H11ClN2S. The van der Waals surface area contributed by atoms with Crippen molar-refractivity contribution < 1.29 is 0 Å². The van der Waals surface area contributed by atoms with E-state index in [9.17, 15) is 0 Å². The van der Waals surface area contributed by atoms with Gasteiger partial charge in [0, 0.05) is 5.56 Å². The summed E-state index contributed by atoms with van der Waals surface area (Å²) in [5.41, 5.74) is 4.27. The average molecular weight is 299 g/mol. The molecule has 0 radical (unpaired) electrons. The minimum Gasteiger partial charge on any atom is -0.266 e. The van der Waals surface area contributed by atoms with Gasteiger partial charge < -0.3 is 0 Å². The zero-order valence-corrected chi connectivity index (χ0v) is 12.1. The third kappa shape index (κ3) is 2.64. The van der Waals surface area contributed by atoms with Crippen LogP contribution >= 0.6 is 23.8 Å². The molecule has 20 heavy (non-hydrogen) atoms. The zero-order chi connectivity index (χ0) is 13.9. The van der Waals surface area contributed by atoms with Crippen LogP contribution in [0.5, 0.6) is 0 Å². The highest BCUT2D eigenvalue weighted by molar-refractivity contribution is 7.71. The number of aromatic nitrogens is 2. The number of nitrogens with zero attached hydrogens (tertiary/aromatic N) is 1. The Kier molecular flexibility index (Phi) is 3.63. The van der Waals surface area contributed by atoms with Crippen molar-refractivity contribution in [3.63, 3.8) is 0 Å². The number of hydrogen-bond acceptors (Lipinski definition) is 2. The van der Waals surface area contributed by atoms with Crippen molar-refractivity contribution in [2.24, 2.45) is 0 Å². The van der Waals surface area contributed by atoms with Crippen LogP contribution in [0.2, 0.25) is 5.15 Å². The minimum absolute atomic E-state index is 0.403. The molecule has 0 saturated heterocycles. The van der Waals surface area contributed by atoms with Gasteiger partial charge in [0.05, 0.1) is 0 Å². The van der Waals surface area contributed by atoms with Crippen molar-refractivity contribution >= 4 is 23.8 Å². The maximum atomic E-state index is 5.91. The Morgan fingerprint density at radius 1 is 0.850 bits per heavy atom. The van der Waals surface area contributed by atoms with Gasteiger partial charge in [0.25, 0.3) is 0 Å². The Balaban J connectivity index is 2.02. The molecule has 0 atom stereocenters. The number of hydrogen-bond donors (Lipinski definition) is 1. The predicted molar refractivity (Wildman–Crippen MR) is 85.3 cm³/mol. The van der Waals surface area contributed by atoms with Crippen LogP contribution in [0.4, 0.5) is 0 Å². The molecule has 3 aromatic rings. The first-order chi connectivity index (χ1) is 9.74. The van der Waals surface area contributed by atoms with E-state index in [-0.39, 0.29) is 0 Å². The number of halogens is 1. The molecule has 0 fully saturated rings. The Bertz CT molecular complexity index is 780. The van der Waals surface area contributed by atoms with Crippen molar-refractivity contribution in [3.8, 4) is 22.3 Å². The highest BCUT2D eigenvalue weighted by Gasteiger charge is 2.03. The highest BCUT2D eigenvalue weighted by atomic mass is 35.5. The third-order valence-electron chi connectivity index (χ3n) is 3.08. The second kappa shape index (κ2) is 5.57. The summed E-state index contributed by atoms with van der Waals surface area (Å²) < 4.78 is 0.585. The van der Waals surface area contributed by atoms with E-state index in [4.69, 9.17) is 23.8 Å². The molecule has 2 nitrogen and oxygen atoms in total. The lowest BCUT2D eigenvalue weighted by atomic mass is 10.0. The fourth-order valence-electron chi connectivity index (χ4n) is 2.07. The van der Waals surface area contributed by atoms with Crippen molar-refractivity contribution in [1.82, 2.24) is 10.2 Å². The van der Waals surface area contributed by atoms with Gasteiger partial charge in [-0.15, -0.1) is 0 Å². The molecule has 98 valence electrons. The summed E-state index contributed by atoms with van der Waals surface area (Å²) in [5.74, 6) is 0. The van der Waals surface area contributed by atoms with Crippen LogP contribution in [0, 0.1) is 4.64 Å². The fourth-order valence-corrected chi connectivity index (χ4v) is 2.44. The topological polar surface area (TPSA) is 28.7 Å². The summed E-state index contributed by atoms with van der Waals surface area (Å²) >= 11 is 11.1. The van der Waals surface area contributed by atoms with Crippen LogP contribution in [-0.2, 0) is 0 Å². The molecule has 0 saturated carbocycles. The van der Waals surface area contributed by atoms with E-state index >= 15 is 0 Å². The van der Waals surface area contributed by atoms with Gasteiger partial charge in [-0.1, -0.05) is 78.4 Å². The van der Waals surface area contributed by atoms with Crippen LogP contribution in [0.3, 0.4) is 0 Å². The van der Waals surface area contributed by atoms with Crippen LogP contribution < -0.4 is 0 Å². The van der Waals surface area contributed by atoms with Crippen molar-refractivity contribution in [3.05, 3.63) is 70.5 Å². The van der Waals surface area contributed by atoms with Gasteiger partial charge in [-0.2, -0.15) is 5.10 Å². The molecule has 0 aliphatic rings. The van der Waals surface area contributed by atoms with E-state index in [0.29, 0.717) is 9.79 Å². The SMILES string of the molecule is S=c1[nH]nc(Cl)cc1-c1ccc(-c2ccccc2)cc1. The Hall–Kier alpha value is -1.97. The maximum Gasteiger partial charge on any atom is 0.150 e. The van der Waals surface area contributed by atoms with E-state index in [2.05, 4.69) is 34.5 Å². The summed E-state index contributed by atoms with van der Waals surface area (Å²) in [6.07, 6.45) is 0. The standard InChI is InChI=1S/C16H11ClN2S/c17-15-10-14(16(20)19-18-15)13-8-6-12(7-9-13)11-4-2-1-3-5-11/h1-10H,(H,19,20). The largest absolute Gasteiger partial charge is 0.266 e. The molecule has 0 bridgehead atoms. The molecule has 1 heterocycles.